The van der Waals surface area contributed by atoms with Gasteiger partial charge in [-0.3, -0.25) is 4.79 Å². The number of esters is 1. The third-order valence-electron chi connectivity index (χ3n) is 10.1. The number of rotatable bonds is 5. The molecule has 3 aromatic rings. The van der Waals surface area contributed by atoms with Crippen LogP contribution in [0.15, 0.2) is 42.5 Å². The highest BCUT2D eigenvalue weighted by Gasteiger charge is 2.46. The first-order valence-corrected chi connectivity index (χ1v) is 16.9. The highest BCUT2D eigenvalue weighted by molar-refractivity contribution is 6.40. The molecule has 10 nitrogen and oxygen atoms in total. The van der Waals surface area contributed by atoms with Crippen LogP contribution in [-0.4, -0.2) is 94.3 Å². The molecule has 5 aliphatic heterocycles. The minimum Gasteiger partial charge on any atom is -0.472 e. The normalized spacial score (nSPS) is 22.6. The molecule has 0 radical (unpaired) electrons. The van der Waals surface area contributed by atoms with Crippen molar-refractivity contribution in [2.75, 3.05) is 69.6 Å². The van der Waals surface area contributed by atoms with Crippen molar-refractivity contribution in [3.63, 3.8) is 0 Å². The molecular formula is C35H35Cl2FN4O6. The van der Waals surface area contributed by atoms with E-state index in [9.17, 15) is 9.59 Å². The summed E-state index contributed by atoms with van der Waals surface area (Å²) in [5.74, 6) is -1.07. The SMILES string of the molecule is COC(=O)c1cc(F)c(-c2cccc3c2OCN(C(=O)c2c(Cl)cc(N4CC5(CNCCO5)C4)cc2Cl)C3)cc1N1C2CCC1COC2. The molecule has 3 aromatic carbocycles. The minimum absolute atomic E-state index is 0.0847. The lowest BCUT2D eigenvalue weighted by atomic mass is 9.91. The van der Waals surface area contributed by atoms with Crippen molar-refractivity contribution < 1.29 is 32.9 Å². The summed E-state index contributed by atoms with van der Waals surface area (Å²) in [6.45, 7) is 4.94. The lowest BCUT2D eigenvalue weighted by molar-refractivity contribution is -0.0828. The van der Waals surface area contributed by atoms with Crippen molar-refractivity contribution in [2.24, 2.45) is 0 Å². The third-order valence-corrected chi connectivity index (χ3v) is 10.7. The lowest BCUT2D eigenvalue weighted by Gasteiger charge is -2.52. The quantitative estimate of drug-likeness (QED) is 0.365. The fraction of sp³-hybridized carbons (Fsp3) is 0.429. The second-order valence-corrected chi connectivity index (χ2v) is 13.9. The van der Waals surface area contributed by atoms with E-state index < -0.39 is 11.8 Å². The summed E-state index contributed by atoms with van der Waals surface area (Å²) in [5.41, 5.74) is 3.13. The monoisotopic (exact) mass is 696 g/mol. The molecule has 13 heteroatoms. The molecule has 252 valence electrons. The maximum absolute atomic E-state index is 15.9. The molecule has 2 atom stereocenters. The molecule has 0 saturated carbocycles. The predicted molar refractivity (Wildman–Crippen MR) is 179 cm³/mol. The van der Waals surface area contributed by atoms with Gasteiger partial charge in [0.15, 0.2) is 6.73 Å². The van der Waals surface area contributed by atoms with Crippen LogP contribution in [0.5, 0.6) is 5.75 Å². The van der Waals surface area contributed by atoms with Crippen molar-refractivity contribution in [2.45, 2.75) is 37.1 Å². The Hall–Kier alpha value is -3.61. The van der Waals surface area contributed by atoms with Crippen LogP contribution in [-0.2, 0) is 20.8 Å². The van der Waals surface area contributed by atoms with Gasteiger partial charge in [0, 0.05) is 35.5 Å². The van der Waals surface area contributed by atoms with Gasteiger partial charge in [-0.25, -0.2) is 9.18 Å². The first kappa shape index (κ1) is 31.6. The average Bonchev–Trinajstić information content (AvgIpc) is 3.32. The Balaban J connectivity index is 1.06. The summed E-state index contributed by atoms with van der Waals surface area (Å²) < 4.78 is 38.9. The number of hydrogen-bond acceptors (Lipinski definition) is 9. The van der Waals surface area contributed by atoms with E-state index in [2.05, 4.69) is 15.1 Å². The number of fused-ring (bicyclic) bond motifs is 3. The van der Waals surface area contributed by atoms with E-state index in [0.717, 1.165) is 31.6 Å². The van der Waals surface area contributed by atoms with Crippen molar-refractivity contribution in [1.29, 1.82) is 0 Å². The Kier molecular flexibility index (Phi) is 8.16. The Labute approximate surface area is 287 Å². The topological polar surface area (TPSA) is 92.8 Å². The zero-order chi connectivity index (χ0) is 33.2. The smallest absolute Gasteiger partial charge is 0.340 e. The highest BCUT2D eigenvalue weighted by Crippen LogP contribution is 2.44. The molecule has 0 aliphatic carbocycles. The van der Waals surface area contributed by atoms with Gasteiger partial charge in [-0.05, 0) is 37.1 Å². The number of amides is 1. The average molecular weight is 698 g/mol. The van der Waals surface area contributed by atoms with Crippen LogP contribution in [0.25, 0.3) is 11.1 Å². The number of ether oxygens (including phenoxy) is 4. The number of para-hydroxylation sites is 1. The van der Waals surface area contributed by atoms with Gasteiger partial charge in [0.05, 0.1) is 85.5 Å². The number of nitrogens with one attached hydrogen (secondary N) is 1. The van der Waals surface area contributed by atoms with Crippen molar-refractivity contribution in [1.82, 2.24) is 10.2 Å². The van der Waals surface area contributed by atoms with Gasteiger partial charge in [0.2, 0.25) is 0 Å². The zero-order valence-corrected chi connectivity index (χ0v) is 27.9. The predicted octanol–water partition coefficient (Wildman–Crippen LogP) is 5.12. The Morgan fingerprint density at radius 1 is 1.04 bits per heavy atom. The van der Waals surface area contributed by atoms with Crippen LogP contribution in [0.4, 0.5) is 15.8 Å². The second kappa shape index (κ2) is 12.4. The van der Waals surface area contributed by atoms with E-state index >= 15 is 4.39 Å². The van der Waals surface area contributed by atoms with Crippen LogP contribution in [0, 0.1) is 5.82 Å². The van der Waals surface area contributed by atoms with Gasteiger partial charge < -0.3 is 39.0 Å². The molecule has 4 fully saturated rings. The molecule has 1 amide bonds. The van der Waals surface area contributed by atoms with E-state index in [-0.39, 0.29) is 58.0 Å². The molecule has 4 saturated heterocycles. The van der Waals surface area contributed by atoms with Crippen molar-refractivity contribution in [3.8, 4) is 16.9 Å². The fourth-order valence-corrected chi connectivity index (χ4v) is 8.38. The van der Waals surface area contributed by atoms with Crippen LogP contribution >= 0.6 is 23.2 Å². The summed E-state index contributed by atoms with van der Waals surface area (Å²) in [4.78, 5) is 32.4. The van der Waals surface area contributed by atoms with E-state index in [1.807, 2.05) is 6.07 Å². The Bertz CT molecular complexity index is 1760. The molecule has 1 spiro atoms. The minimum atomic E-state index is -0.600. The molecular weight excluding hydrogens is 662 g/mol. The maximum atomic E-state index is 15.9. The number of morpholine rings is 2. The number of nitrogens with zero attached hydrogens (tertiary/aromatic N) is 3. The zero-order valence-electron chi connectivity index (χ0n) is 26.4. The highest BCUT2D eigenvalue weighted by atomic mass is 35.5. The first-order valence-electron chi connectivity index (χ1n) is 16.2. The molecule has 5 heterocycles. The van der Waals surface area contributed by atoms with Gasteiger partial charge in [-0.15, -0.1) is 0 Å². The second-order valence-electron chi connectivity index (χ2n) is 13.1. The molecule has 2 bridgehead atoms. The van der Waals surface area contributed by atoms with Gasteiger partial charge in [-0.2, -0.15) is 0 Å². The number of methoxy groups -OCH3 is 1. The van der Waals surface area contributed by atoms with Gasteiger partial charge in [0.25, 0.3) is 5.91 Å². The van der Waals surface area contributed by atoms with Gasteiger partial charge in [-0.1, -0.05) is 41.4 Å². The molecule has 1 N–H and O–H groups in total. The van der Waals surface area contributed by atoms with Crippen LogP contribution in [0.1, 0.15) is 39.1 Å². The lowest BCUT2D eigenvalue weighted by Crippen LogP contribution is -2.69. The number of benzene rings is 3. The molecule has 0 aromatic heterocycles. The van der Waals surface area contributed by atoms with E-state index in [1.165, 1.54) is 18.1 Å². The van der Waals surface area contributed by atoms with Crippen LogP contribution in [0.3, 0.4) is 0 Å². The summed E-state index contributed by atoms with van der Waals surface area (Å²) >= 11 is 13.4. The third kappa shape index (κ3) is 5.36. The Morgan fingerprint density at radius 3 is 2.48 bits per heavy atom. The summed E-state index contributed by atoms with van der Waals surface area (Å²) in [5, 5.41) is 3.88. The molecule has 48 heavy (non-hydrogen) atoms. The Morgan fingerprint density at radius 2 is 1.79 bits per heavy atom. The summed E-state index contributed by atoms with van der Waals surface area (Å²) in [7, 11) is 1.29. The number of hydrogen-bond donors (Lipinski definition) is 1. The number of carbonyl (C=O) groups excluding carboxylic acids is 2. The molecule has 8 rings (SSSR count). The van der Waals surface area contributed by atoms with E-state index in [4.69, 9.17) is 42.1 Å². The summed E-state index contributed by atoms with van der Waals surface area (Å²) in [6.07, 6.45) is 1.85. The number of carbonyl (C=O) groups is 2. The summed E-state index contributed by atoms with van der Waals surface area (Å²) in [6, 6.07) is 12.1. The van der Waals surface area contributed by atoms with Gasteiger partial charge >= 0.3 is 5.97 Å². The van der Waals surface area contributed by atoms with Gasteiger partial charge in [0.1, 0.15) is 17.2 Å². The van der Waals surface area contributed by atoms with E-state index in [1.54, 1.807) is 30.3 Å². The van der Waals surface area contributed by atoms with E-state index in [0.29, 0.717) is 61.0 Å². The van der Waals surface area contributed by atoms with Crippen LogP contribution < -0.4 is 19.9 Å². The number of halogens is 3. The maximum Gasteiger partial charge on any atom is 0.340 e. The molecule has 2 unspecified atom stereocenters. The van der Waals surface area contributed by atoms with Crippen molar-refractivity contribution >= 4 is 46.5 Å². The largest absolute Gasteiger partial charge is 0.472 e. The first-order chi connectivity index (χ1) is 23.2. The van der Waals surface area contributed by atoms with Crippen molar-refractivity contribution in [3.05, 3.63) is 75.0 Å². The standard InChI is InChI=1S/C35H35Cl2FN4O6/c1-45-34(44)26-11-29(38)25(12-30(26)42-21-5-6-22(42)15-46-14-21)24-4-2-3-20-13-40(19-47-32(20)24)33(43)31-27(36)9-23(10-28(31)37)41-17-35(18-41)16-39-7-8-48-35/h2-4,9-12,21-22,39H,5-8,13-19H2,1H3. The number of anilines is 2. The fourth-order valence-electron chi connectivity index (χ4n) is 7.74. The molecule has 5 aliphatic rings. The van der Waals surface area contributed by atoms with Crippen LogP contribution in [0.2, 0.25) is 10.0 Å².